The second-order valence-corrected chi connectivity index (χ2v) is 6.67. The van der Waals surface area contributed by atoms with Crippen LogP contribution in [0.25, 0.3) is 0 Å². The maximum Gasteiger partial charge on any atom is 0.214 e. The summed E-state index contributed by atoms with van der Waals surface area (Å²) in [4.78, 5) is 0. The van der Waals surface area contributed by atoms with E-state index in [2.05, 4.69) is 6.92 Å². The highest BCUT2D eigenvalue weighted by molar-refractivity contribution is 7.89. The lowest BCUT2D eigenvalue weighted by Gasteiger charge is -2.39. The average molecular weight is 219 g/mol. The van der Waals surface area contributed by atoms with Crippen LogP contribution in [0.15, 0.2) is 0 Å². The van der Waals surface area contributed by atoms with Gasteiger partial charge in [0.25, 0.3) is 0 Å². The Morgan fingerprint density at radius 2 is 1.93 bits per heavy atom. The Hall–Kier alpha value is -0.0900. The summed E-state index contributed by atoms with van der Waals surface area (Å²) in [5.41, 5.74) is -0.200. The summed E-state index contributed by atoms with van der Waals surface area (Å²) in [5, 5.41) is 0. The third kappa shape index (κ3) is 2.48. The molecule has 1 saturated heterocycles. The highest BCUT2D eigenvalue weighted by Crippen LogP contribution is 2.27. The molecule has 0 aromatic carbocycles. The first-order chi connectivity index (χ1) is 6.40. The lowest BCUT2D eigenvalue weighted by molar-refractivity contribution is 0.201. The molecule has 1 rings (SSSR count). The van der Waals surface area contributed by atoms with Crippen molar-refractivity contribution in [1.29, 1.82) is 0 Å². The molecule has 0 aromatic rings. The molecule has 0 aromatic heterocycles. The summed E-state index contributed by atoms with van der Waals surface area (Å²) in [7, 11) is -2.97. The second kappa shape index (κ2) is 4.19. The molecule has 3 nitrogen and oxygen atoms in total. The van der Waals surface area contributed by atoms with Crippen molar-refractivity contribution < 1.29 is 8.42 Å². The first kappa shape index (κ1) is 12.0. The predicted molar refractivity (Wildman–Crippen MR) is 58.7 cm³/mol. The van der Waals surface area contributed by atoms with Crippen LogP contribution in [0.5, 0.6) is 0 Å². The molecule has 0 saturated carbocycles. The molecule has 0 atom stereocenters. The molecular weight excluding hydrogens is 198 g/mol. The van der Waals surface area contributed by atoms with E-state index in [0.717, 1.165) is 25.7 Å². The highest BCUT2D eigenvalue weighted by atomic mass is 32.2. The van der Waals surface area contributed by atoms with Crippen LogP contribution < -0.4 is 0 Å². The molecular formula is C10H21NO2S. The van der Waals surface area contributed by atoms with Crippen LogP contribution in [-0.2, 0) is 10.0 Å². The fraction of sp³-hybridized carbons (Fsp3) is 1.00. The maximum absolute atomic E-state index is 11.8. The standard InChI is InChI=1S/C10H21NO2S/c1-4-7-10(2,3)11-8-5-6-9-14(11,12)13/h4-9H2,1-3H3. The van der Waals surface area contributed by atoms with Gasteiger partial charge in [0.1, 0.15) is 0 Å². The zero-order valence-corrected chi connectivity index (χ0v) is 10.2. The summed E-state index contributed by atoms with van der Waals surface area (Å²) < 4.78 is 25.4. The van der Waals surface area contributed by atoms with E-state index in [1.807, 2.05) is 13.8 Å². The van der Waals surface area contributed by atoms with Crippen molar-refractivity contribution in [3.05, 3.63) is 0 Å². The van der Waals surface area contributed by atoms with Gasteiger partial charge in [-0.05, 0) is 33.1 Å². The molecule has 4 heteroatoms. The summed E-state index contributed by atoms with van der Waals surface area (Å²) in [6.45, 7) is 6.85. The monoisotopic (exact) mass is 219 g/mol. The Morgan fingerprint density at radius 1 is 1.29 bits per heavy atom. The molecule has 1 aliphatic rings. The van der Waals surface area contributed by atoms with Gasteiger partial charge in [0.15, 0.2) is 0 Å². The van der Waals surface area contributed by atoms with Crippen LogP contribution in [0.1, 0.15) is 46.5 Å². The van der Waals surface area contributed by atoms with Gasteiger partial charge < -0.3 is 0 Å². The molecule has 0 aliphatic carbocycles. The van der Waals surface area contributed by atoms with E-state index in [0.29, 0.717) is 12.3 Å². The van der Waals surface area contributed by atoms with Crippen molar-refractivity contribution in [3.63, 3.8) is 0 Å². The van der Waals surface area contributed by atoms with Gasteiger partial charge in [0.05, 0.1) is 5.75 Å². The Bertz CT molecular complexity index is 282. The first-order valence-corrected chi connectivity index (χ1v) is 7.01. The summed E-state index contributed by atoms with van der Waals surface area (Å²) in [6, 6.07) is 0. The third-order valence-electron chi connectivity index (χ3n) is 2.89. The quantitative estimate of drug-likeness (QED) is 0.728. The van der Waals surface area contributed by atoms with Gasteiger partial charge in [0, 0.05) is 12.1 Å². The van der Waals surface area contributed by atoms with Crippen LogP contribution in [-0.4, -0.2) is 30.6 Å². The molecule has 14 heavy (non-hydrogen) atoms. The van der Waals surface area contributed by atoms with Gasteiger partial charge in [0.2, 0.25) is 10.0 Å². The molecule has 0 N–H and O–H groups in total. The molecule has 1 heterocycles. The predicted octanol–water partition coefficient (Wildman–Crippen LogP) is 1.99. The molecule has 0 bridgehead atoms. The fourth-order valence-electron chi connectivity index (χ4n) is 2.20. The van der Waals surface area contributed by atoms with Crippen LogP contribution in [0.4, 0.5) is 0 Å². The minimum absolute atomic E-state index is 0.200. The second-order valence-electron chi connectivity index (χ2n) is 4.66. The van der Waals surface area contributed by atoms with Gasteiger partial charge in [-0.25, -0.2) is 8.42 Å². The average Bonchev–Trinajstić information content (AvgIpc) is 2.02. The first-order valence-electron chi connectivity index (χ1n) is 5.41. The van der Waals surface area contributed by atoms with E-state index in [1.54, 1.807) is 4.31 Å². The van der Waals surface area contributed by atoms with Crippen molar-refractivity contribution in [2.75, 3.05) is 12.3 Å². The smallest absolute Gasteiger partial charge is 0.212 e. The van der Waals surface area contributed by atoms with Gasteiger partial charge in [-0.2, -0.15) is 4.31 Å². The molecule has 84 valence electrons. The fourth-order valence-corrected chi connectivity index (χ4v) is 4.25. The molecule has 1 fully saturated rings. The van der Waals surface area contributed by atoms with Crippen molar-refractivity contribution in [2.45, 2.75) is 52.0 Å². The van der Waals surface area contributed by atoms with Crippen molar-refractivity contribution in [3.8, 4) is 0 Å². The van der Waals surface area contributed by atoms with Crippen LogP contribution in [0.2, 0.25) is 0 Å². The zero-order valence-electron chi connectivity index (χ0n) is 9.41. The van der Waals surface area contributed by atoms with Crippen LogP contribution in [0.3, 0.4) is 0 Å². The lowest BCUT2D eigenvalue weighted by Crippen LogP contribution is -2.50. The Labute approximate surface area is 87.5 Å². The number of hydrogen-bond acceptors (Lipinski definition) is 2. The van der Waals surface area contributed by atoms with E-state index in [9.17, 15) is 8.42 Å². The normalized spacial score (nSPS) is 23.6. The number of hydrogen-bond donors (Lipinski definition) is 0. The molecule has 0 radical (unpaired) electrons. The Morgan fingerprint density at radius 3 is 2.43 bits per heavy atom. The molecule has 0 amide bonds. The third-order valence-corrected chi connectivity index (χ3v) is 5.04. The van der Waals surface area contributed by atoms with E-state index in [-0.39, 0.29) is 5.54 Å². The largest absolute Gasteiger partial charge is 0.214 e. The van der Waals surface area contributed by atoms with Gasteiger partial charge in [-0.15, -0.1) is 0 Å². The van der Waals surface area contributed by atoms with E-state index >= 15 is 0 Å². The van der Waals surface area contributed by atoms with E-state index < -0.39 is 10.0 Å². The number of sulfonamides is 1. The van der Waals surface area contributed by atoms with Crippen molar-refractivity contribution in [2.24, 2.45) is 0 Å². The van der Waals surface area contributed by atoms with Crippen LogP contribution >= 0.6 is 0 Å². The molecule has 0 spiro atoms. The SMILES string of the molecule is CCCC(C)(C)N1CCCCS1(=O)=O. The van der Waals surface area contributed by atoms with Gasteiger partial charge in [-0.3, -0.25) is 0 Å². The minimum atomic E-state index is -2.97. The number of nitrogens with zero attached hydrogens (tertiary/aromatic N) is 1. The zero-order chi connectivity index (χ0) is 10.8. The minimum Gasteiger partial charge on any atom is -0.212 e. The summed E-state index contributed by atoms with van der Waals surface area (Å²) in [6.07, 6.45) is 3.79. The van der Waals surface area contributed by atoms with Gasteiger partial charge >= 0.3 is 0 Å². The van der Waals surface area contributed by atoms with E-state index in [1.165, 1.54) is 0 Å². The van der Waals surface area contributed by atoms with Crippen molar-refractivity contribution in [1.82, 2.24) is 4.31 Å². The van der Waals surface area contributed by atoms with E-state index in [4.69, 9.17) is 0 Å². The van der Waals surface area contributed by atoms with Crippen molar-refractivity contribution >= 4 is 10.0 Å². The summed E-state index contributed by atoms with van der Waals surface area (Å²) in [5.74, 6) is 0.333. The van der Waals surface area contributed by atoms with Crippen LogP contribution in [0, 0.1) is 0 Å². The topological polar surface area (TPSA) is 37.4 Å². The lowest BCUT2D eigenvalue weighted by atomic mass is 9.99. The Kier molecular flexibility index (Phi) is 3.58. The Balaban J connectivity index is 2.84. The number of rotatable bonds is 3. The maximum atomic E-state index is 11.8. The summed E-state index contributed by atoms with van der Waals surface area (Å²) >= 11 is 0. The highest BCUT2D eigenvalue weighted by Gasteiger charge is 2.36. The van der Waals surface area contributed by atoms with Gasteiger partial charge in [-0.1, -0.05) is 13.3 Å². The molecule has 1 aliphatic heterocycles. The molecule has 0 unspecified atom stereocenters.